The normalized spacial score (nSPS) is 15.0. The van der Waals surface area contributed by atoms with Crippen LogP contribution in [0.15, 0.2) is 59.6 Å². The van der Waals surface area contributed by atoms with Gasteiger partial charge in [-0.2, -0.15) is 0 Å². The molecule has 1 aliphatic rings. The van der Waals surface area contributed by atoms with Crippen LogP contribution in [0, 0.1) is 0 Å². The van der Waals surface area contributed by atoms with Gasteiger partial charge in [-0.15, -0.1) is 0 Å². The van der Waals surface area contributed by atoms with Gasteiger partial charge < -0.3 is 10.3 Å². The summed E-state index contributed by atoms with van der Waals surface area (Å²) in [6.45, 7) is 6.93. The molecule has 1 aromatic heterocycles. The van der Waals surface area contributed by atoms with E-state index in [1.807, 2.05) is 24.4 Å². The predicted octanol–water partition coefficient (Wildman–Crippen LogP) is 4.71. The third kappa shape index (κ3) is 4.64. The minimum atomic E-state index is -3.37. The molecule has 4 rings (SSSR count). The van der Waals surface area contributed by atoms with Crippen LogP contribution in [0.4, 0.5) is 5.69 Å². The zero-order valence-corrected chi connectivity index (χ0v) is 19.3. The van der Waals surface area contributed by atoms with Crippen molar-refractivity contribution in [1.82, 2.24) is 9.88 Å². The quantitative estimate of drug-likeness (QED) is 0.545. The van der Waals surface area contributed by atoms with E-state index in [1.165, 1.54) is 23.3 Å². The summed E-state index contributed by atoms with van der Waals surface area (Å²) in [5.41, 5.74) is 4.51. The van der Waals surface area contributed by atoms with Gasteiger partial charge in [0.2, 0.25) is 0 Å². The number of aromatic nitrogens is 1. The van der Waals surface area contributed by atoms with Gasteiger partial charge in [-0.05, 0) is 61.4 Å². The van der Waals surface area contributed by atoms with Gasteiger partial charge in [0.25, 0.3) is 5.91 Å². The van der Waals surface area contributed by atoms with Gasteiger partial charge in [-0.1, -0.05) is 26.0 Å². The fourth-order valence-electron chi connectivity index (χ4n) is 4.14. The first-order chi connectivity index (χ1) is 15.4. The van der Waals surface area contributed by atoms with Crippen LogP contribution in [0.5, 0.6) is 0 Å². The van der Waals surface area contributed by atoms with Crippen molar-refractivity contribution in [2.75, 3.05) is 30.7 Å². The van der Waals surface area contributed by atoms with Gasteiger partial charge in [0.1, 0.15) is 0 Å². The third-order valence-electron chi connectivity index (χ3n) is 5.95. The molecular weight excluding hydrogens is 422 g/mol. The number of rotatable bonds is 7. The van der Waals surface area contributed by atoms with Crippen molar-refractivity contribution in [3.8, 4) is 0 Å². The topological polar surface area (TPSA) is 82.3 Å². The molecule has 0 fully saturated rings. The van der Waals surface area contributed by atoms with E-state index in [2.05, 4.69) is 28.2 Å². The number of carbonyl (C=O) groups excluding carboxylic acids is 1. The average Bonchev–Trinajstić information content (AvgIpc) is 3.23. The lowest BCUT2D eigenvalue weighted by Crippen LogP contribution is -2.29. The van der Waals surface area contributed by atoms with Crippen LogP contribution in [-0.4, -0.2) is 49.6 Å². The van der Waals surface area contributed by atoms with Crippen LogP contribution in [0.3, 0.4) is 0 Å². The summed E-state index contributed by atoms with van der Waals surface area (Å²) in [5.74, 6) is -0.335. The van der Waals surface area contributed by atoms with Crippen molar-refractivity contribution >= 4 is 37.9 Å². The Morgan fingerprint density at radius 2 is 2.00 bits per heavy atom. The highest BCUT2D eigenvalue weighted by Gasteiger charge is 2.17. The van der Waals surface area contributed by atoms with E-state index >= 15 is 0 Å². The minimum Gasteiger partial charge on any atom is -0.361 e. The van der Waals surface area contributed by atoms with Crippen molar-refractivity contribution in [3.63, 3.8) is 0 Å². The lowest BCUT2D eigenvalue weighted by atomic mass is 9.98. The number of carbonyl (C=O) groups is 1. The van der Waals surface area contributed by atoms with Gasteiger partial charge in [-0.3, -0.25) is 9.69 Å². The maximum absolute atomic E-state index is 12.8. The average molecular weight is 452 g/mol. The van der Waals surface area contributed by atoms with Crippen molar-refractivity contribution in [2.45, 2.75) is 31.6 Å². The van der Waals surface area contributed by atoms with Gasteiger partial charge >= 0.3 is 0 Å². The van der Waals surface area contributed by atoms with Gasteiger partial charge in [0.15, 0.2) is 9.84 Å². The van der Waals surface area contributed by atoms with E-state index in [0.717, 1.165) is 43.4 Å². The maximum atomic E-state index is 12.8. The fourth-order valence-corrected chi connectivity index (χ4v) is 5.07. The van der Waals surface area contributed by atoms with E-state index in [9.17, 15) is 13.2 Å². The molecule has 0 saturated carbocycles. The smallest absolute Gasteiger partial charge is 0.255 e. The number of H-pyrrole nitrogens is 1. The van der Waals surface area contributed by atoms with Crippen LogP contribution < -0.4 is 5.32 Å². The summed E-state index contributed by atoms with van der Waals surface area (Å²) in [6.07, 6.45) is 6.50. The number of aromatic amines is 1. The van der Waals surface area contributed by atoms with Crippen molar-refractivity contribution in [1.29, 1.82) is 0 Å². The number of hydrogen-bond donors (Lipinski definition) is 2. The zero-order valence-electron chi connectivity index (χ0n) is 18.5. The summed E-state index contributed by atoms with van der Waals surface area (Å²) in [6, 6.07) is 12.0. The predicted molar refractivity (Wildman–Crippen MR) is 130 cm³/mol. The number of nitrogens with zero attached hydrogens (tertiary/aromatic N) is 1. The number of nitrogens with one attached hydrogen (secondary N) is 2. The van der Waals surface area contributed by atoms with Gasteiger partial charge in [-0.25, -0.2) is 8.42 Å². The molecule has 0 aliphatic carbocycles. The fraction of sp³-hybridized carbons (Fsp3) is 0.320. The van der Waals surface area contributed by atoms with Crippen LogP contribution in [-0.2, 0) is 9.84 Å². The van der Waals surface area contributed by atoms with E-state index in [0.29, 0.717) is 11.3 Å². The second-order valence-corrected chi connectivity index (χ2v) is 10.4. The Bertz CT molecular complexity index is 1270. The summed E-state index contributed by atoms with van der Waals surface area (Å²) in [7, 11) is -3.37. The highest BCUT2D eigenvalue weighted by atomic mass is 32.2. The van der Waals surface area contributed by atoms with E-state index in [1.54, 1.807) is 19.1 Å². The van der Waals surface area contributed by atoms with Crippen LogP contribution in [0.25, 0.3) is 16.5 Å². The van der Waals surface area contributed by atoms with Crippen molar-refractivity contribution < 1.29 is 13.2 Å². The lowest BCUT2D eigenvalue weighted by Gasteiger charge is -2.25. The molecule has 1 amide bonds. The van der Waals surface area contributed by atoms with Crippen LogP contribution in [0.2, 0.25) is 0 Å². The molecule has 7 heteroatoms. The number of hydrogen-bond acceptors (Lipinski definition) is 4. The van der Waals surface area contributed by atoms with E-state index < -0.39 is 9.84 Å². The third-order valence-corrected chi connectivity index (χ3v) is 7.69. The standard InChI is InChI=1S/C25H29N3O3S/c1-3-12-28-13-10-18(11-14-28)23-17-26-24-9-8-20(16-22(23)24)27-25(29)19-6-5-7-21(15-19)32(30,31)4-2/h5-10,15-17,26H,3-4,11-14H2,1-2H3,(H,27,29). The van der Waals surface area contributed by atoms with E-state index in [4.69, 9.17) is 0 Å². The molecule has 0 radical (unpaired) electrons. The number of anilines is 1. The summed E-state index contributed by atoms with van der Waals surface area (Å²) in [5, 5.41) is 3.99. The molecular formula is C25H29N3O3S. The maximum Gasteiger partial charge on any atom is 0.255 e. The lowest BCUT2D eigenvalue weighted by molar-refractivity contribution is 0.102. The molecule has 2 heterocycles. The molecule has 0 bridgehead atoms. The second kappa shape index (κ2) is 9.30. The first-order valence-corrected chi connectivity index (χ1v) is 12.7. The Balaban J connectivity index is 1.57. The van der Waals surface area contributed by atoms with Crippen LogP contribution in [0.1, 0.15) is 42.6 Å². The molecule has 0 saturated heterocycles. The molecule has 1 aliphatic heterocycles. The number of fused-ring (bicyclic) bond motifs is 1. The molecule has 0 atom stereocenters. The van der Waals surface area contributed by atoms with Gasteiger partial charge in [0.05, 0.1) is 10.6 Å². The zero-order chi connectivity index (χ0) is 22.7. The van der Waals surface area contributed by atoms with E-state index in [-0.39, 0.29) is 16.6 Å². The minimum absolute atomic E-state index is 0.00292. The number of amides is 1. The monoisotopic (exact) mass is 451 g/mol. The Morgan fingerprint density at radius 3 is 2.72 bits per heavy atom. The molecule has 2 N–H and O–H groups in total. The molecule has 168 valence electrons. The highest BCUT2D eigenvalue weighted by Crippen LogP contribution is 2.31. The van der Waals surface area contributed by atoms with Crippen molar-refractivity contribution in [2.24, 2.45) is 0 Å². The Morgan fingerprint density at radius 1 is 1.16 bits per heavy atom. The van der Waals surface area contributed by atoms with Crippen molar-refractivity contribution in [3.05, 3.63) is 65.9 Å². The Kier molecular flexibility index (Phi) is 6.48. The Hall–Kier alpha value is -2.90. The SMILES string of the molecule is CCCN1CC=C(c2c[nH]c3ccc(NC(=O)c4cccc(S(=O)(=O)CC)c4)cc23)CC1. The first-order valence-electron chi connectivity index (χ1n) is 11.1. The largest absolute Gasteiger partial charge is 0.361 e. The van der Waals surface area contributed by atoms with Crippen LogP contribution >= 0.6 is 0 Å². The second-order valence-electron chi connectivity index (χ2n) is 8.13. The first kappa shape index (κ1) is 22.3. The molecule has 32 heavy (non-hydrogen) atoms. The number of benzene rings is 2. The summed E-state index contributed by atoms with van der Waals surface area (Å²) >= 11 is 0. The molecule has 0 unspecified atom stereocenters. The summed E-state index contributed by atoms with van der Waals surface area (Å²) < 4.78 is 24.3. The molecule has 6 nitrogen and oxygen atoms in total. The number of sulfone groups is 1. The molecule has 2 aromatic carbocycles. The molecule has 3 aromatic rings. The Labute approximate surface area is 189 Å². The van der Waals surface area contributed by atoms with Gasteiger partial charge in [0, 0.05) is 47.0 Å². The highest BCUT2D eigenvalue weighted by molar-refractivity contribution is 7.91. The molecule has 0 spiro atoms. The summed E-state index contributed by atoms with van der Waals surface area (Å²) in [4.78, 5) is 18.8.